The molecule has 0 heterocycles. The summed E-state index contributed by atoms with van der Waals surface area (Å²) in [7, 11) is 1.72. The van der Waals surface area contributed by atoms with E-state index >= 15 is 0 Å². The van der Waals surface area contributed by atoms with Crippen LogP contribution in [-0.4, -0.2) is 30.5 Å². The molecule has 1 aliphatic carbocycles. The van der Waals surface area contributed by atoms with Gasteiger partial charge in [-0.05, 0) is 31.0 Å². The fourth-order valence-corrected chi connectivity index (χ4v) is 2.97. The molecule has 4 heteroatoms. The predicted octanol–water partition coefficient (Wildman–Crippen LogP) is 4.05. The smallest absolute Gasteiger partial charge is 0.123 e. The van der Waals surface area contributed by atoms with Crippen LogP contribution < -0.4 is 4.74 Å². The van der Waals surface area contributed by atoms with E-state index in [0.717, 1.165) is 23.3 Å². The van der Waals surface area contributed by atoms with Gasteiger partial charge in [0.15, 0.2) is 0 Å². The van der Waals surface area contributed by atoms with Crippen molar-refractivity contribution in [1.29, 1.82) is 0 Å². The standard InChI is InChI=1S/C14H19BrClNO/c1-18-14-6-5-12(15)9-11(14)10-17(8-7-16)13-3-2-4-13/h5-6,9,13H,2-4,7-8,10H2,1H3. The molecule has 0 unspecified atom stereocenters. The van der Waals surface area contributed by atoms with Gasteiger partial charge < -0.3 is 4.74 Å². The second-order valence-electron chi connectivity index (χ2n) is 4.70. The topological polar surface area (TPSA) is 12.5 Å². The van der Waals surface area contributed by atoms with Crippen molar-refractivity contribution >= 4 is 27.5 Å². The molecule has 1 aliphatic rings. The number of rotatable bonds is 6. The first-order valence-electron chi connectivity index (χ1n) is 6.37. The first kappa shape index (κ1) is 14.2. The van der Waals surface area contributed by atoms with Crippen LogP contribution in [0.2, 0.25) is 0 Å². The maximum atomic E-state index is 5.91. The van der Waals surface area contributed by atoms with Crippen molar-refractivity contribution in [2.45, 2.75) is 31.8 Å². The molecule has 18 heavy (non-hydrogen) atoms. The molecule has 0 spiro atoms. The van der Waals surface area contributed by atoms with Crippen LogP contribution in [0.25, 0.3) is 0 Å². The summed E-state index contributed by atoms with van der Waals surface area (Å²) in [4.78, 5) is 2.47. The molecule has 0 aliphatic heterocycles. The lowest BCUT2D eigenvalue weighted by atomic mass is 9.91. The maximum Gasteiger partial charge on any atom is 0.123 e. The van der Waals surface area contributed by atoms with Gasteiger partial charge in [-0.2, -0.15) is 0 Å². The Kier molecular flexibility index (Phi) is 5.34. The quantitative estimate of drug-likeness (QED) is 0.729. The molecule has 1 saturated carbocycles. The van der Waals surface area contributed by atoms with Gasteiger partial charge >= 0.3 is 0 Å². The molecule has 2 rings (SSSR count). The Morgan fingerprint density at radius 3 is 2.78 bits per heavy atom. The van der Waals surface area contributed by atoms with Gasteiger partial charge in [0.25, 0.3) is 0 Å². The number of nitrogens with zero attached hydrogens (tertiary/aromatic N) is 1. The average molecular weight is 333 g/mol. The van der Waals surface area contributed by atoms with Crippen molar-refractivity contribution in [3.05, 3.63) is 28.2 Å². The molecule has 0 atom stereocenters. The Morgan fingerprint density at radius 1 is 1.44 bits per heavy atom. The van der Waals surface area contributed by atoms with Gasteiger partial charge in [-0.25, -0.2) is 0 Å². The second kappa shape index (κ2) is 6.78. The van der Waals surface area contributed by atoms with Gasteiger partial charge in [0, 0.05) is 35.0 Å². The molecule has 0 bridgehead atoms. The van der Waals surface area contributed by atoms with Crippen molar-refractivity contribution in [1.82, 2.24) is 4.90 Å². The highest BCUT2D eigenvalue weighted by atomic mass is 79.9. The van der Waals surface area contributed by atoms with Gasteiger partial charge in [-0.1, -0.05) is 22.4 Å². The van der Waals surface area contributed by atoms with Crippen LogP contribution in [0.15, 0.2) is 22.7 Å². The number of hydrogen-bond acceptors (Lipinski definition) is 2. The Hall–Kier alpha value is -0.250. The number of alkyl halides is 1. The lowest BCUT2D eigenvalue weighted by molar-refractivity contribution is 0.126. The van der Waals surface area contributed by atoms with Crippen LogP contribution in [0.1, 0.15) is 24.8 Å². The highest BCUT2D eigenvalue weighted by Gasteiger charge is 2.25. The molecule has 1 fully saturated rings. The van der Waals surface area contributed by atoms with E-state index in [1.165, 1.54) is 24.8 Å². The Labute approximate surface area is 122 Å². The van der Waals surface area contributed by atoms with Crippen molar-refractivity contribution in [3.63, 3.8) is 0 Å². The predicted molar refractivity (Wildman–Crippen MR) is 79.5 cm³/mol. The molecule has 2 nitrogen and oxygen atoms in total. The SMILES string of the molecule is COc1ccc(Br)cc1CN(CCCl)C1CCC1. The first-order chi connectivity index (χ1) is 8.74. The zero-order valence-corrected chi connectivity index (χ0v) is 13.0. The van der Waals surface area contributed by atoms with Crippen LogP contribution in [0.4, 0.5) is 0 Å². The summed E-state index contributed by atoms with van der Waals surface area (Å²) in [5.41, 5.74) is 1.23. The fraction of sp³-hybridized carbons (Fsp3) is 0.571. The summed E-state index contributed by atoms with van der Waals surface area (Å²) in [5.74, 6) is 1.64. The largest absolute Gasteiger partial charge is 0.496 e. The highest BCUT2D eigenvalue weighted by molar-refractivity contribution is 9.10. The summed E-state index contributed by atoms with van der Waals surface area (Å²) >= 11 is 9.43. The van der Waals surface area contributed by atoms with Crippen molar-refractivity contribution in [2.75, 3.05) is 19.5 Å². The third-order valence-electron chi connectivity index (χ3n) is 3.58. The van der Waals surface area contributed by atoms with Gasteiger partial charge in [-0.15, -0.1) is 11.6 Å². The Morgan fingerprint density at radius 2 is 2.22 bits per heavy atom. The van der Waals surface area contributed by atoms with Gasteiger partial charge in [-0.3, -0.25) is 4.90 Å². The summed E-state index contributed by atoms with van der Waals surface area (Å²) in [6.07, 6.45) is 3.94. The third kappa shape index (κ3) is 3.40. The van der Waals surface area contributed by atoms with Crippen LogP contribution >= 0.6 is 27.5 Å². The van der Waals surface area contributed by atoms with E-state index in [1.807, 2.05) is 12.1 Å². The number of halogens is 2. The van der Waals surface area contributed by atoms with Crippen LogP contribution in [0.3, 0.4) is 0 Å². The molecular formula is C14H19BrClNO. The lowest BCUT2D eigenvalue weighted by Gasteiger charge is -2.37. The summed E-state index contributed by atoms with van der Waals surface area (Å²) in [5, 5.41) is 0. The zero-order valence-electron chi connectivity index (χ0n) is 10.7. The number of benzene rings is 1. The van der Waals surface area contributed by atoms with E-state index in [9.17, 15) is 0 Å². The van der Waals surface area contributed by atoms with E-state index in [1.54, 1.807) is 7.11 Å². The molecule has 100 valence electrons. The van der Waals surface area contributed by atoms with E-state index in [0.29, 0.717) is 11.9 Å². The van der Waals surface area contributed by atoms with Crippen LogP contribution in [0.5, 0.6) is 5.75 Å². The van der Waals surface area contributed by atoms with Crippen molar-refractivity contribution in [2.24, 2.45) is 0 Å². The molecule has 0 N–H and O–H groups in total. The van der Waals surface area contributed by atoms with Gasteiger partial charge in [0.05, 0.1) is 7.11 Å². The molecule has 1 aromatic carbocycles. The minimum atomic E-state index is 0.687. The molecule has 1 aromatic rings. The molecular weight excluding hydrogens is 314 g/mol. The van der Waals surface area contributed by atoms with E-state index in [4.69, 9.17) is 16.3 Å². The second-order valence-corrected chi connectivity index (χ2v) is 5.99. The summed E-state index contributed by atoms with van der Waals surface area (Å²) in [6.45, 7) is 1.86. The maximum absolute atomic E-state index is 5.91. The molecule has 0 radical (unpaired) electrons. The van der Waals surface area contributed by atoms with Gasteiger partial charge in [0.2, 0.25) is 0 Å². The lowest BCUT2D eigenvalue weighted by Crippen LogP contribution is -2.40. The first-order valence-corrected chi connectivity index (χ1v) is 7.69. The number of methoxy groups -OCH3 is 1. The monoisotopic (exact) mass is 331 g/mol. The van der Waals surface area contributed by atoms with E-state index < -0.39 is 0 Å². The fourth-order valence-electron chi connectivity index (χ4n) is 2.34. The summed E-state index contributed by atoms with van der Waals surface area (Å²) < 4.78 is 6.53. The summed E-state index contributed by atoms with van der Waals surface area (Å²) in [6, 6.07) is 6.86. The Bertz CT molecular complexity index is 395. The third-order valence-corrected chi connectivity index (χ3v) is 4.24. The Balaban J connectivity index is 2.11. The van der Waals surface area contributed by atoms with E-state index in [2.05, 4.69) is 26.9 Å². The van der Waals surface area contributed by atoms with E-state index in [-0.39, 0.29) is 0 Å². The molecule has 0 aromatic heterocycles. The van der Waals surface area contributed by atoms with Crippen LogP contribution in [-0.2, 0) is 6.54 Å². The normalized spacial score (nSPS) is 15.8. The highest BCUT2D eigenvalue weighted by Crippen LogP contribution is 2.29. The van der Waals surface area contributed by atoms with Crippen molar-refractivity contribution < 1.29 is 4.74 Å². The number of hydrogen-bond donors (Lipinski definition) is 0. The minimum Gasteiger partial charge on any atom is -0.496 e. The minimum absolute atomic E-state index is 0.687. The zero-order chi connectivity index (χ0) is 13.0. The van der Waals surface area contributed by atoms with Crippen LogP contribution in [0, 0.1) is 0 Å². The average Bonchev–Trinajstić information content (AvgIpc) is 2.27. The number of ether oxygens (including phenoxy) is 1. The van der Waals surface area contributed by atoms with Crippen molar-refractivity contribution in [3.8, 4) is 5.75 Å². The van der Waals surface area contributed by atoms with Gasteiger partial charge in [0.1, 0.15) is 5.75 Å². The molecule has 0 amide bonds. The molecule has 0 saturated heterocycles.